The highest BCUT2D eigenvalue weighted by atomic mass is 32.2. The Morgan fingerprint density at radius 2 is 2.00 bits per heavy atom. The van der Waals surface area contributed by atoms with Gasteiger partial charge in [-0.1, -0.05) is 0 Å². The van der Waals surface area contributed by atoms with Crippen molar-refractivity contribution in [2.24, 2.45) is 0 Å². The molecule has 0 aliphatic rings. The molecule has 0 aromatic carbocycles. The Morgan fingerprint density at radius 3 is 2.27 bits per heavy atom. The van der Waals surface area contributed by atoms with Gasteiger partial charge in [0, 0.05) is 6.92 Å². The first-order valence-corrected chi connectivity index (χ1v) is 4.55. The zero-order chi connectivity index (χ0) is 9.07. The molecule has 0 aliphatic heterocycles. The third-order valence-corrected chi connectivity index (χ3v) is 1.16. The van der Waals surface area contributed by atoms with Gasteiger partial charge in [0.05, 0.1) is 6.26 Å². The van der Waals surface area contributed by atoms with E-state index in [0.717, 1.165) is 13.2 Å². The quantitative estimate of drug-likeness (QED) is 0.471. The number of esters is 1. The van der Waals surface area contributed by atoms with E-state index in [-0.39, 0.29) is 5.88 Å². The van der Waals surface area contributed by atoms with Gasteiger partial charge in [0.2, 0.25) is 15.9 Å². The summed E-state index contributed by atoms with van der Waals surface area (Å²) >= 11 is 0. The zero-order valence-electron chi connectivity index (χ0n) is 6.25. The van der Waals surface area contributed by atoms with E-state index in [1.807, 2.05) is 4.72 Å². The molecule has 0 aromatic rings. The summed E-state index contributed by atoms with van der Waals surface area (Å²) in [4.78, 5) is 10.2. The molecular formula is C5H9NO4S. The van der Waals surface area contributed by atoms with E-state index in [9.17, 15) is 13.2 Å². The second-order valence-corrected chi connectivity index (χ2v) is 3.64. The summed E-state index contributed by atoms with van der Waals surface area (Å²) < 4.78 is 27.1. The molecule has 0 saturated carbocycles. The Hall–Kier alpha value is -1.04. The van der Waals surface area contributed by atoms with Crippen molar-refractivity contribution in [1.82, 2.24) is 4.72 Å². The molecule has 6 heteroatoms. The third kappa shape index (κ3) is 6.85. The normalized spacial score (nSPS) is 10.4. The predicted molar refractivity (Wildman–Crippen MR) is 38.9 cm³/mol. The predicted octanol–water partition coefficient (Wildman–Crippen LogP) is -0.430. The fourth-order valence-corrected chi connectivity index (χ4v) is 0.856. The highest BCUT2D eigenvalue weighted by Gasteiger charge is 2.04. The fourth-order valence-electron chi connectivity index (χ4n) is 0.401. The maximum atomic E-state index is 10.5. The number of sulfonamides is 1. The lowest BCUT2D eigenvalue weighted by Gasteiger charge is -2.04. The first kappa shape index (κ1) is 9.96. The van der Waals surface area contributed by atoms with Crippen molar-refractivity contribution in [3.63, 3.8) is 0 Å². The van der Waals surface area contributed by atoms with Crippen molar-refractivity contribution in [1.29, 1.82) is 0 Å². The Labute approximate surface area is 65.1 Å². The number of carbonyl (C=O) groups excluding carboxylic acids is 1. The van der Waals surface area contributed by atoms with Gasteiger partial charge in [0.15, 0.2) is 0 Å². The van der Waals surface area contributed by atoms with Crippen LogP contribution in [0.2, 0.25) is 0 Å². The van der Waals surface area contributed by atoms with Crippen LogP contribution in [0.25, 0.3) is 0 Å². The van der Waals surface area contributed by atoms with Gasteiger partial charge in [-0.25, -0.2) is 8.42 Å². The monoisotopic (exact) mass is 179 g/mol. The maximum absolute atomic E-state index is 10.5. The van der Waals surface area contributed by atoms with Crippen LogP contribution in [0.1, 0.15) is 6.92 Å². The lowest BCUT2D eigenvalue weighted by Crippen LogP contribution is -2.23. The van der Waals surface area contributed by atoms with Crippen LogP contribution in [0.15, 0.2) is 12.5 Å². The number of hydrogen-bond donors (Lipinski definition) is 1. The molecule has 11 heavy (non-hydrogen) atoms. The van der Waals surface area contributed by atoms with E-state index in [2.05, 4.69) is 11.3 Å². The molecule has 0 amide bonds. The van der Waals surface area contributed by atoms with Gasteiger partial charge in [0.25, 0.3) is 0 Å². The van der Waals surface area contributed by atoms with Gasteiger partial charge in [-0.05, 0) is 6.58 Å². The highest BCUT2D eigenvalue weighted by molar-refractivity contribution is 7.88. The van der Waals surface area contributed by atoms with Gasteiger partial charge in [0.1, 0.15) is 0 Å². The average molecular weight is 179 g/mol. The minimum Gasteiger partial charge on any atom is -0.410 e. The molecule has 5 nitrogen and oxygen atoms in total. The maximum Gasteiger partial charge on any atom is 0.309 e. The van der Waals surface area contributed by atoms with E-state index in [0.29, 0.717) is 0 Å². The van der Waals surface area contributed by atoms with Gasteiger partial charge >= 0.3 is 5.97 Å². The summed E-state index contributed by atoms with van der Waals surface area (Å²) in [5.74, 6) is -0.911. The summed E-state index contributed by atoms with van der Waals surface area (Å²) in [5, 5.41) is 0. The van der Waals surface area contributed by atoms with E-state index in [4.69, 9.17) is 0 Å². The molecule has 0 aliphatic carbocycles. The Morgan fingerprint density at radius 1 is 1.55 bits per heavy atom. The van der Waals surface area contributed by atoms with E-state index >= 15 is 0 Å². The van der Waals surface area contributed by atoms with Crippen LogP contribution < -0.4 is 4.72 Å². The van der Waals surface area contributed by atoms with Crippen LogP contribution in [-0.4, -0.2) is 20.6 Å². The Balaban J connectivity index is 4.01. The van der Waals surface area contributed by atoms with E-state index < -0.39 is 16.0 Å². The van der Waals surface area contributed by atoms with Crippen LogP contribution in [0, 0.1) is 0 Å². The van der Waals surface area contributed by atoms with Gasteiger partial charge in [-0.3, -0.25) is 9.52 Å². The van der Waals surface area contributed by atoms with Crippen molar-refractivity contribution in [2.75, 3.05) is 6.26 Å². The molecule has 64 valence electrons. The van der Waals surface area contributed by atoms with Crippen molar-refractivity contribution < 1.29 is 17.9 Å². The SMILES string of the molecule is C=C(NS(C)(=O)=O)OC(C)=O. The number of ether oxygens (including phenoxy) is 1. The molecule has 0 rings (SSSR count). The number of rotatable bonds is 3. The zero-order valence-corrected chi connectivity index (χ0v) is 7.06. The topological polar surface area (TPSA) is 72.5 Å². The van der Waals surface area contributed by atoms with E-state index in [1.54, 1.807) is 0 Å². The van der Waals surface area contributed by atoms with Crippen molar-refractivity contribution in [2.45, 2.75) is 6.92 Å². The highest BCUT2D eigenvalue weighted by Crippen LogP contribution is 1.90. The third-order valence-electron chi connectivity index (χ3n) is 0.566. The molecule has 0 unspecified atom stereocenters. The Kier molecular flexibility index (Phi) is 3.06. The molecule has 1 N–H and O–H groups in total. The Bertz CT molecular complexity index is 266. The van der Waals surface area contributed by atoms with Crippen molar-refractivity contribution >= 4 is 16.0 Å². The molecule has 0 atom stereocenters. The smallest absolute Gasteiger partial charge is 0.309 e. The summed E-state index contributed by atoms with van der Waals surface area (Å²) in [6.07, 6.45) is 0.932. The van der Waals surface area contributed by atoms with E-state index in [1.165, 1.54) is 0 Å². The number of carbonyl (C=O) groups is 1. The van der Waals surface area contributed by atoms with Crippen LogP contribution in [0.4, 0.5) is 0 Å². The average Bonchev–Trinajstić information content (AvgIpc) is 1.53. The van der Waals surface area contributed by atoms with Gasteiger partial charge in [-0.15, -0.1) is 0 Å². The fraction of sp³-hybridized carbons (Fsp3) is 0.400. The summed E-state index contributed by atoms with van der Waals surface area (Å²) in [7, 11) is -3.40. The van der Waals surface area contributed by atoms with Crippen LogP contribution in [0.5, 0.6) is 0 Å². The second-order valence-electron chi connectivity index (χ2n) is 1.89. The largest absolute Gasteiger partial charge is 0.410 e. The van der Waals surface area contributed by atoms with Crippen LogP contribution >= 0.6 is 0 Å². The van der Waals surface area contributed by atoms with Crippen LogP contribution in [0.3, 0.4) is 0 Å². The van der Waals surface area contributed by atoms with Gasteiger partial charge in [-0.2, -0.15) is 0 Å². The van der Waals surface area contributed by atoms with Gasteiger partial charge < -0.3 is 4.74 Å². The molecule has 0 spiro atoms. The molecule has 0 saturated heterocycles. The standard InChI is InChI=1S/C5H9NO4S/c1-4(10-5(2)7)6-11(3,8)9/h6H,1H2,2-3H3. The summed E-state index contributed by atoms with van der Waals surface area (Å²) in [6.45, 7) is 4.29. The summed E-state index contributed by atoms with van der Waals surface area (Å²) in [6, 6.07) is 0. The lowest BCUT2D eigenvalue weighted by molar-refractivity contribution is -0.137. The molecule has 0 aromatic heterocycles. The van der Waals surface area contributed by atoms with Crippen LogP contribution in [-0.2, 0) is 19.6 Å². The molecule has 0 bridgehead atoms. The number of hydrogen-bond acceptors (Lipinski definition) is 4. The minimum absolute atomic E-state index is 0.292. The van der Waals surface area contributed by atoms with Crippen molar-refractivity contribution in [3.8, 4) is 0 Å². The minimum atomic E-state index is -3.40. The molecule has 0 fully saturated rings. The lowest BCUT2D eigenvalue weighted by atomic mass is 10.8. The first-order chi connectivity index (χ1) is 4.81. The van der Waals surface area contributed by atoms with Crippen molar-refractivity contribution in [3.05, 3.63) is 12.5 Å². The molecule has 0 radical (unpaired) electrons. The second kappa shape index (κ2) is 3.38. The first-order valence-electron chi connectivity index (χ1n) is 2.66. The molecular weight excluding hydrogens is 170 g/mol. The molecule has 0 heterocycles. The number of nitrogens with one attached hydrogen (secondary N) is 1. The summed E-state index contributed by atoms with van der Waals surface area (Å²) in [5.41, 5.74) is 0.